The van der Waals surface area contributed by atoms with Crippen LogP contribution in [0.3, 0.4) is 0 Å². The third-order valence-electron chi connectivity index (χ3n) is 0.925. The molecule has 0 heterocycles. The van der Waals surface area contributed by atoms with Crippen molar-refractivity contribution in [3.63, 3.8) is 0 Å². The van der Waals surface area contributed by atoms with Crippen molar-refractivity contribution in [2.45, 2.75) is 6.92 Å². The van der Waals surface area contributed by atoms with Crippen LogP contribution in [0.1, 0.15) is 6.92 Å². The Morgan fingerprint density at radius 1 is 1.58 bits per heavy atom. The van der Waals surface area contributed by atoms with E-state index >= 15 is 0 Å². The maximum Gasteiger partial charge on any atom is 0.411 e. The summed E-state index contributed by atoms with van der Waals surface area (Å²) in [6, 6.07) is 0. The Kier molecular flexibility index (Phi) is 5.34. The molecule has 0 aliphatic carbocycles. The average Bonchev–Trinajstić information content (AvgIpc) is 2.04. The molecule has 0 atom stereocenters. The van der Waals surface area contributed by atoms with Crippen molar-refractivity contribution in [1.29, 1.82) is 0 Å². The average molecular weight is 169 g/mol. The number of ketones is 1. The maximum atomic E-state index is 10.6. The minimum absolute atomic E-state index is 0.271. The minimum atomic E-state index is -0.578. The van der Waals surface area contributed by atoms with Gasteiger partial charge in [-0.1, -0.05) is 6.58 Å². The summed E-state index contributed by atoms with van der Waals surface area (Å²) in [5, 5.41) is 2.24. The number of nitrogens with one attached hydrogen (secondary N) is 1. The first-order valence-electron chi connectivity index (χ1n) is 3.47. The number of hydrogen-bond acceptors (Lipinski definition) is 3. The number of hydrogen-bond donors (Lipinski definition) is 1. The molecular weight excluding hydrogens is 158 g/mol. The van der Waals surface area contributed by atoms with Crippen LogP contribution in [0.15, 0.2) is 24.9 Å². The van der Waals surface area contributed by atoms with Crippen molar-refractivity contribution in [1.82, 2.24) is 5.32 Å². The van der Waals surface area contributed by atoms with E-state index in [0.29, 0.717) is 6.61 Å². The van der Waals surface area contributed by atoms with Crippen LogP contribution in [-0.2, 0) is 9.53 Å². The van der Waals surface area contributed by atoms with E-state index in [1.807, 2.05) is 0 Å². The van der Waals surface area contributed by atoms with Gasteiger partial charge in [-0.2, -0.15) is 0 Å². The normalized spacial score (nSPS) is 9.42. The highest BCUT2D eigenvalue weighted by Gasteiger charge is 1.94. The summed E-state index contributed by atoms with van der Waals surface area (Å²) in [7, 11) is 0. The second-order valence-electron chi connectivity index (χ2n) is 1.80. The first-order valence-corrected chi connectivity index (χ1v) is 3.47. The number of alkyl carbamates (subject to hydrolysis) is 1. The number of rotatable bonds is 4. The molecule has 0 aliphatic rings. The van der Waals surface area contributed by atoms with Crippen LogP contribution >= 0.6 is 0 Å². The van der Waals surface area contributed by atoms with Gasteiger partial charge in [0.05, 0.1) is 6.61 Å². The van der Waals surface area contributed by atoms with Gasteiger partial charge in [0.15, 0.2) is 5.78 Å². The maximum absolute atomic E-state index is 10.6. The number of amides is 1. The number of carbonyl (C=O) groups excluding carboxylic acids is 2. The molecule has 0 bridgehead atoms. The van der Waals surface area contributed by atoms with E-state index in [9.17, 15) is 9.59 Å². The van der Waals surface area contributed by atoms with Crippen molar-refractivity contribution in [2.24, 2.45) is 0 Å². The Bertz CT molecular complexity index is 208. The van der Waals surface area contributed by atoms with Crippen LogP contribution in [0.5, 0.6) is 0 Å². The fourth-order valence-electron chi connectivity index (χ4n) is 0.433. The van der Waals surface area contributed by atoms with Crippen molar-refractivity contribution in [3.8, 4) is 0 Å². The summed E-state index contributed by atoms with van der Waals surface area (Å²) < 4.78 is 4.52. The van der Waals surface area contributed by atoms with Gasteiger partial charge < -0.3 is 4.74 Å². The monoisotopic (exact) mass is 169 g/mol. The Labute approximate surface area is 70.9 Å². The smallest absolute Gasteiger partial charge is 0.411 e. The third-order valence-corrected chi connectivity index (χ3v) is 0.925. The first kappa shape index (κ1) is 10.4. The van der Waals surface area contributed by atoms with Gasteiger partial charge in [-0.3, -0.25) is 10.1 Å². The molecule has 0 radical (unpaired) electrons. The van der Waals surface area contributed by atoms with Gasteiger partial charge in [0.25, 0.3) is 0 Å². The van der Waals surface area contributed by atoms with Crippen LogP contribution in [0, 0.1) is 0 Å². The first-order chi connectivity index (χ1) is 5.70. The summed E-state index contributed by atoms with van der Waals surface area (Å²) in [6.45, 7) is 5.24. The molecule has 66 valence electrons. The number of ether oxygens (including phenoxy) is 1. The number of carbonyl (C=O) groups is 2. The topological polar surface area (TPSA) is 55.4 Å². The van der Waals surface area contributed by atoms with Crippen LogP contribution < -0.4 is 5.32 Å². The molecule has 0 saturated carbocycles. The fourth-order valence-corrected chi connectivity index (χ4v) is 0.433. The lowest BCUT2D eigenvalue weighted by molar-refractivity contribution is -0.110. The van der Waals surface area contributed by atoms with E-state index in [1.165, 1.54) is 12.3 Å². The van der Waals surface area contributed by atoms with Crippen molar-refractivity contribution >= 4 is 11.9 Å². The van der Waals surface area contributed by atoms with Crippen molar-refractivity contribution < 1.29 is 14.3 Å². The molecule has 0 saturated heterocycles. The molecule has 1 amide bonds. The molecule has 12 heavy (non-hydrogen) atoms. The summed E-state index contributed by atoms with van der Waals surface area (Å²) in [5.41, 5.74) is 0. The van der Waals surface area contributed by atoms with E-state index in [-0.39, 0.29) is 5.78 Å². The fraction of sp³-hybridized carbons (Fsp3) is 0.250. The lowest BCUT2D eigenvalue weighted by Crippen LogP contribution is -2.18. The zero-order chi connectivity index (χ0) is 9.40. The lowest BCUT2D eigenvalue weighted by Gasteiger charge is -1.97. The molecule has 0 spiro atoms. The molecule has 0 aromatic carbocycles. The molecule has 0 unspecified atom stereocenters. The van der Waals surface area contributed by atoms with E-state index in [4.69, 9.17) is 0 Å². The van der Waals surface area contributed by atoms with Gasteiger partial charge in [0.2, 0.25) is 0 Å². The Hall–Kier alpha value is -1.58. The van der Waals surface area contributed by atoms with Crippen molar-refractivity contribution in [3.05, 3.63) is 24.9 Å². The van der Waals surface area contributed by atoms with Gasteiger partial charge in [0.1, 0.15) is 0 Å². The molecular formula is C8H11NO3. The van der Waals surface area contributed by atoms with Gasteiger partial charge in [-0.25, -0.2) is 4.79 Å². The van der Waals surface area contributed by atoms with Crippen LogP contribution in [0.4, 0.5) is 4.79 Å². The minimum Gasteiger partial charge on any atom is -0.450 e. The number of allylic oxidation sites excluding steroid dienone is 2. The molecule has 0 fully saturated rings. The van der Waals surface area contributed by atoms with Crippen LogP contribution in [0.25, 0.3) is 0 Å². The zero-order valence-corrected chi connectivity index (χ0v) is 6.87. The Balaban J connectivity index is 3.66. The quantitative estimate of drug-likeness (QED) is 0.639. The Morgan fingerprint density at radius 2 is 2.25 bits per heavy atom. The third kappa shape index (κ3) is 5.22. The largest absolute Gasteiger partial charge is 0.450 e. The van der Waals surface area contributed by atoms with Gasteiger partial charge in [-0.15, -0.1) is 0 Å². The summed E-state index contributed by atoms with van der Waals surface area (Å²) in [4.78, 5) is 21.1. The molecule has 0 aromatic heterocycles. The van der Waals surface area contributed by atoms with Gasteiger partial charge in [0, 0.05) is 12.3 Å². The predicted molar refractivity (Wildman–Crippen MR) is 44.5 cm³/mol. The lowest BCUT2D eigenvalue weighted by atomic mass is 10.4. The predicted octanol–water partition coefficient (Wildman–Crippen LogP) is 1.00. The molecule has 0 aliphatic heterocycles. The molecule has 4 nitrogen and oxygen atoms in total. The van der Waals surface area contributed by atoms with Crippen LogP contribution in [0.2, 0.25) is 0 Å². The second-order valence-corrected chi connectivity index (χ2v) is 1.80. The van der Waals surface area contributed by atoms with E-state index < -0.39 is 6.09 Å². The SMILES string of the molecule is C=CC(=O)C=CNC(=O)OCC. The zero-order valence-electron chi connectivity index (χ0n) is 6.87. The van der Waals surface area contributed by atoms with E-state index in [2.05, 4.69) is 16.6 Å². The van der Waals surface area contributed by atoms with Crippen LogP contribution in [-0.4, -0.2) is 18.5 Å². The van der Waals surface area contributed by atoms with Gasteiger partial charge >= 0.3 is 6.09 Å². The molecule has 4 heteroatoms. The summed E-state index contributed by atoms with van der Waals surface area (Å²) in [5.74, 6) is -0.271. The summed E-state index contributed by atoms with van der Waals surface area (Å²) >= 11 is 0. The van der Waals surface area contributed by atoms with E-state index in [0.717, 1.165) is 6.08 Å². The van der Waals surface area contributed by atoms with E-state index in [1.54, 1.807) is 6.92 Å². The summed E-state index contributed by atoms with van der Waals surface area (Å²) in [6.07, 6.45) is 2.96. The molecule has 0 aromatic rings. The highest BCUT2D eigenvalue weighted by Crippen LogP contribution is 1.78. The van der Waals surface area contributed by atoms with Gasteiger partial charge in [-0.05, 0) is 13.0 Å². The highest BCUT2D eigenvalue weighted by molar-refractivity contribution is 5.98. The standard InChI is InChI=1S/C8H11NO3/c1-3-7(10)5-6-9-8(11)12-4-2/h3,5-6H,1,4H2,2H3,(H,9,11). The highest BCUT2D eigenvalue weighted by atomic mass is 16.5. The molecule has 0 rings (SSSR count). The van der Waals surface area contributed by atoms with Crippen molar-refractivity contribution in [2.75, 3.05) is 6.61 Å². The second kappa shape index (κ2) is 6.15. The molecule has 1 N–H and O–H groups in total. The Morgan fingerprint density at radius 3 is 2.75 bits per heavy atom.